The molecule has 1 saturated heterocycles. The number of carbonyl (C=O) groups excluding carboxylic acids is 1. The Kier molecular flexibility index (Phi) is 8.58. The molecular weight excluding hydrogens is 580 g/mol. The van der Waals surface area contributed by atoms with Gasteiger partial charge in [0.1, 0.15) is 6.61 Å². The molecule has 4 rings (SSSR count). The van der Waals surface area contributed by atoms with Crippen molar-refractivity contribution in [3.8, 4) is 11.5 Å². The van der Waals surface area contributed by atoms with E-state index in [1.54, 1.807) is 30.3 Å². The van der Waals surface area contributed by atoms with Crippen LogP contribution >= 0.6 is 39.3 Å². The molecule has 1 aliphatic rings. The smallest absolute Gasteiger partial charge is 0.335 e. The van der Waals surface area contributed by atoms with Crippen molar-refractivity contribution in [2.24, 2.45) is 4.99 Å². The summed E-state index contributed by atoms with van der Waals surface area (Å²) < 4.78 is 12.5. The van der Waals surface area contributed by atoms with Gasteiger partial charge in [0.25, 0.3) is 5.91 Å². The van der Waals surface area contributed by atoms with E-state index in [1.807, 2.05) is 32.0 Å². The van der Waals surface area contributed by atoms with Crippen LogP contribution in [0.25, 0.3) is 6.08 Å². The fraction of sp³-hybridized carbons (Fsp3) is 0.148. The van der Waals surface area contributed by atoms with E-state index >= 15 is 0 Å². The lowest BCUT2D eigenvalue weighted by Crippen LogP contribution is -2.19. The number of halogens is 2. The molecule has 0 aliphatic carbocycles. The molecular formula is C27H22BrClN2O5S. The summed E-state index contributed by atoms with van der Waals surface area (Å²) in [5.41, 5.74) is 3.29. The van der Waals surface area contributed by atoms with E-state index in [9.17, 15) is 9.59 Å². The van der Waals surface area contributed by atoms with Crippen LogP contribution in [-0.4, -0.2) is 28.8 Å². The summed E-state index contributed by atoms with van der Waals surface area (Å²) in [6.07, 6.45) is 1.76. The molecule has 0 aromatic heterocycles. The number of carboxylic acids is 1. The average Bonchev–Trinajstić information content (AvgIpc) is 3.20. The topological polar surface area (TPSA) is 97.2 Å². The molecule has 0 unspecified atom stereocenters. The fourth-order valence-corrected chi connectivity index (χ4v) is 5.01. The van der Waals surface area contributed by atoms with Gasteiger partial charge in [0.2, 0.25) is 0 Å². The molecule has 0 atom stereocenters. The molecule has 3 aromatic rings. The van der Waals surface area contributed by atoms with Gasteiger partial charge in [0, 0.05) is 5.02 Å². The molecule has 1 aliphatic heterocycles. The van der Waals surface area contributed by atoms with Crippen molar-refractivity contribution in [1.82, 2.24) is 5.32 Å². The number of nitrogens with zero attached hydrogens (tertiary/aromatic N) is 1. The lowest BCUT2D eigenvalue weighted by Gasteiger charge is -2.15. The average molecular weight is 602 g/mol. The van der Waals surface area contributed by atoms with Crippen LogP contribution in [0.5, 0.6) is 11.5 Å². The number of aromatic carboxylic acids is 1. The van der Waals surface area contributed by atoms with Gasteiger partial charge in [-0.1, -0.05) is 29.8 Å². The minimum Gasteiger partial charge on any atom is -0.490 e. The van der Waals surface area contributed by atoms with Crippen LogP contribution < -0.4 is 14.8 Å². The van der Waals surface area contributed by atoms with Crippen LogP contribution in [0.15, 0.2) is 69.0 Å². The summed E-state index contributed by atoms with van der Waals surface area (Å²) in [7, 11) is 0. The van der Waals surface area contributed by atoms with Gasteiger partial charge in [-0.05, 0) is 101 Å². The van der Waals surface area contributed by atoms with Crippen LogP contribution in [0.3, 0.4) is 0 Å². The van der Waals surface area contributed by atoms with E-state index < -0.39 is 5.97 Å². The number of ether oxygens (including phenoxy) is 2. The number of carbonyl (C=O) groups is 2. The third-order valence-electron chi connectivity index (χ3n) is 5.33. The Morgan fingerprint density at radius 1 is 1.19 bits per heavy atom. The third kappa shape index (κ3) is 6.54. The van der Waals surface area contributed by atoms with Gasteiger partial charge in [0.05, 0.1) is 27.2 Å². The zero-order valence-electron chi connectivity index (χ0n) is 19.9. The van der Waals surface area contributed by atoms with Crippen molar-refractivity contribution in [3.05, 3.63) is 91.3 Å². The van der Waals surface area contributed by atoms with Gasteiger partial charge in [-0.3, -0.25) is 4.79 Å². The summed E-state index contributed by atoms with van der Waals surface area (Å²) in [4.78, 5) is 28.7. The number of benzene rings is 3. The summed E-state index contributed by atoms with van der Waals surface area (Å²) in [5.74, 6) is -0.209. The predicted molar refractivity (Wildman–Crippen MR) is 150 cm³/mol. The second kappa shape index (κ2) is 11.9. The molecule has 3 aromatic carbocycles. The highest BCUT2D eigenvalue weighted by Gasteiger charge is 2.24. The van der Waals surface area contributed by atoms with Crippen LogP contribution in [0, 0.1) is 6.92 Å². The largest absolute Gasteiger partial charge is 0.490 e. The van der Waals surface area contributed by atoms with Crippen molar-refractivity contribution < 1.29 is 24.2 Å². The lowest BCUT2D eigenvalue weighted by molar-refractivity contribution is -0.115. The first-order valence-corrected chi connectivity index (χ1v) is 13.2. The Balaban J connectivity index is 1.55. The van der Waals surface area contributed by atoms with Crippen LogP contribution in [0.1, 0.15) is 34.0 Å². The van der Waals surface area contributed by atoms with E-state index in [1.165, 1.54) is 23.9 Å². The molecule has 0 spiro atoms. The number of aliphatic imine (C=N–C) groups is 1. The zero-order valence-corrected chi connectivity index (χ0v) is 23.0. The first-order chi connectivity index (χ1) is 17.7. The Hall–Kier alpha value is -3.27. The van der Waals surface area contributed by atoms with Gasteiger partial charge in [-0.15, -0.1) is 0 Å². The number of amidine groups is 1. The predicted octanol–water partition coefficient (Wildman–Crippen LogP) is 6.98. The SMILES string of the molecule is CCOc1cc(/C=C2/SC(=Nc3cccc(Cl)c3C)NC2=O)cc(Br)c1OCc1ccc(C(=O)O)cc1. The number of hydrogen-bond acceptors (Lipinski definition) is 6. The monoisotopic (exact) mass is 600 g/mol. The van der Waals surface area contributed by atoms with Crippen molar-refractivity contribution in [3.63, 3.8) is 0 Å². The maximum absolute atomic E-state index is 12.6. The fourth-order valence-electron chi connectivity index (χ4n) is 3.43. The minimum atomic E-state index is -0.981. The Bertz CT molecular complexity index is 1420. The van der Waals surface area contributed by atoms with E-state index in [0.717, 1.165) is 16.7 Å². The summed E-state index contributed by atoms with van der Waals surface area (Å²) in [6.45, 7) is 4.39. The minimum absolute atomic E-state index is 0.210. The number of amides is 1. The summed E-state index contributed by atoms with van der Waals surface area (Å²) in [5, 5.41) is 12.9. The molecule has 0 radical (unpaired) electrons. The zero-order chi connectivity index (χ0) is 26.5. The molecule has 0 bridgehead atoms. The van der Waals surface area contributed by atoms with Gasteiger partial charge < -0.3 is 19.9 Å². The van der Waals surface area contributed by atoms with Crippen LogP contribution in [0.2, 0.25) is 5.02 Å². The highest BCUT2D eigenvalue weighted by atomic mass is 79.9. The summed E-state index contributed by atoms with van der Waals surface area (Å²) >= 11 is 11.0. The van der Waals surface area contributed by atoms with Gasteiger partial charge in [0.15, 0.2) is 16.7 Å². The molecule has 10 heteroatoms. The number of carboxylic acid groups (broad SMARTS) is 1. The second-order valence-electron chi connectivity index (χ2n) is 7.92. The van der Waals surface area contributed by atoms with E-state index in [2.05, 4.69) is 26.2 Å². The van der Waals surface area contributed by atoms with Crippen molar-refractivity contribution in [2.75, 3.05) is 6.61 Å². The quantitative estimate of drug-likeness (QED) is 0.271. The number of rotatable bonds is 8. The maximum atomic E-state index is 12.6. The molecule has 0 saturated carbocycles. The third-order valence-corrected chi connectivity index (χ3v) is 7.23. The van der Waals surface area contributed by atoms with Crippen molar-refractivity contribution in [2.45, 2.75) is 20.5 Å². The number of nitrogens with one attached hydrogen (secondary N) is 1. The number of thioether (sulfide) groups is 1. The normalized spacial score (nSPS) is 15.2. The first-order valence-electron chi connectivity index (χ1n) is 11.2. The Morgan fingerprint density at radius 3 is 2.65 bits per heavy atom. The lowest BCUT2D eigenvalue weighted by atomic mass is 10.1. The standard InChI is InChI=1S/C27H22BrClN2O5S/c1-3-35-22-12-17(11-19(28)24(22)36-14-16-7-9-18(10-8-16)26(33)34)13-23-25(32)31-27(37-23)30-21-6-4-5-20(29)15(21)2/h4-13H,3,14H2,1-2H3,(H,33,34)(H,30,31,32)/b23-13+. The molecule has 1 fully saturated rings. The molecule has 37 heavy (non-hydrogen) atoms. The Labute approximate surface area is 231 Å². The number of hydrogen-bond donors (Lipinski definition) is 2. The molecule has 1 heterocycles. The van der Waals surface area contributed by atoms with Crippen LogP contribution in [-0.2, 0) is 11.4 Å². The highest BCUT2D eigenvalue weighted by molar-refractivity contribution is 9.10. The van der Waals surface area contributed by atoms with Crippen molar-refractivity contribution >= 4 is 68.1 Å². The maximum Gasteiger partial charge on any atom is 0.335 e. The molecule has 190 valence electrons. The van der Waals surface area contributed by atoms with Gasteiger partial charge in [-0.2, -0.15) is 0 Å². The molecule has 2 N–H and O–H groups in total. The van der Waals surface area contributed by atoms with Crippen LogP contribution in [0.4, 0.5) is 5.69 Å². The molecule has 1 amide bonds. The van der Waals surface area contributed by atoms with E-state index in [4.69, 9.17) is 26.2 Å². The second-order valence-corrected chi connectivity index (χ2v) is 10.2. The Morgan fingerprint density at radius 2 is 1.95 bits per heavy atom. The van der Waals surface area contributed by atoms with Crippen molar-refractivity contribution in [1.29, 1.82) is 0 Å². The van der Waals surface area contributed by atoms with E-state index in [-0.39, 0.29) is 18.1 Å². The highest BCUT2D eigenvalue weighted by Crippen LogP contribution is 2.39. The van der Waals surface area contributed by atoms with E-state index in [0.29, 0.717) is 43.4 Å². The van der Waals surface area contributed by atoms with Gasteiger partial charge in [-0.25, -0.2) is 9.79 Å². The summed E-state index contributed by atoms with van der Waals surface area (Å²) in [6, 6.07) is 15.6. The molecule has 7 nitrogen and oxygen atoms in total. The van der Waals surface area contributed by atoms with Gasteiger partial charge >= 0.3 is 5.97 Å². The first kappa shape index (κ1) is 26.8.